The van der Waals surface area contributed by atoms with Crippen LogP contribution >= 0.6 is 0 Å². The van der Waals surface area contributed by atoms with E-state index in [4.69, 9.17) is 4.74 Å². The third-order valence-electron chi connectivity index (χ3n) is 4.76. The molecule has 1 rings (SSSR count). The molecule has 1 atom stereocenters. The zero-order valence-corrected chi connectivity index (χ0v) is 16.4. The lowest BCUT2D eigenvalue weighted by atomic mass is 10.1. The number of allylic oxidation sites excluding steroid dienone is 2. The van der Waals surface area contributed by atoms with Gasteiger partial charge in [0.05, 0.1) is 6.54 Å². The van der Waals surface area contributed by atoms with E-state index < -0.39 is 0 Å². The Morgan fingerprint density at radius 2 is 1.38 bits per heavy atom. The highest BCUT2D eigenvalue weighted by Gasteiger charge is 2.13. The summed E-state index contributed by atoms with van der Waals surface area (Å²) in [5.41, 5.74) is 0. The monoisotopic (exact) mass is 335 g/mol. The first-order valence-electron chi connectivity index (χ1n) is 10.7. The fourth-order valence-electron chi connectivity index (χ4n) is 3.20. The summed E-state index contributed by atoms with van der Waals surface area (Å²) >= 11 is 0. The maximum Gasteiger partial charge on any atom is 0.183 e. The van der Waals surface area contributed by atoms with Crippen molar-refractivity contribution in [2.45, 2.75) is 116 Å². The summed E-state index contributed by atoms with van der Waals surface area (Å²) in [6, 6.07) is 0. The highest BCUT2D eigenvalue weighted by atomic mass is 16.5. The first-order chi connectivity index (χ1) is 11.8. The lowest BCUT2D eigenvalue weighted by Gasteiger charge is -2.05. The third-order valence-corrected chi connectivity index (χ3v) is 4.76. The average Bonchev–Trinajstić information content (AvgIpc) is 3.00. The average molecular weight is 336 g/mol. The Morgan fingerprint density at radius 1 is 0.833 bits per heavy atom. The van der Waals surface area contributed by atoms with E-state index >= 15 is 0 Å². The van der Waals surface area contributed by atoms with Gasteiger partial charge in [0.25, 0.3) is 0 Å². The van der Waals surface area contributed by atoms with E-state index in [-0.39, 0.29) is 0 Å². The number of hydrogen-bond acceptors (Lipinski definition) is 2. The van der Waals surface area contributed by atoms with E-state index in [1.807, 2.05) is 0 Å². The van der Waals surface area contributed by atoms with Gasteiger partial charge in [-0.05, 0) is 39.0 Å². The van der Waals surface area contributed by atoms with Crippen LogP contribution in [0.1, 0.15) is 110 Å². The standard InChI is InChI=1S/C22H41NO/c1-3-4-5-6-7-8-9-10-11-12-13-14-15-16-17-18-19-22-23-20-21(2)24-22/h10-11,21H,3-9,12-20H2,1-2H3/b11-10-. The predicted octanol–water partition coefficient (Wildman–Crippen LogP) is 7.23. The molecule has 2 nitrogen and oxygen atoms in total. The second kappa shape index (κ2) is 15.7. The van der Waals surface area contributed by atoms with Crippen molar-refractivity contribution < 1.29 is 4.74 Å². The van der Waals surface area contributed by atoms with E-state index in [9.17, 15) is 0 Å². The molecule has 0 N–H and O–H groups in total. The van der Waals surface area contributed by atoms with Crippen molar-refractivity contribution in [1.29, 1.82) is 0 Å². The number of rotatable bonds is 16. The molecule has 1 unspecified atom stereocenters. The summed E-state index contributed by atoms with van der Waals surface area (Å²) in [4.78, 5) is 4.41. The highest BCUT2D eigenvalue weighted by molar-refractivity contribution is 5.77. The number of hydrogen-bond donors (Lipinski definition) is 0. The molecule has 0 amide bonds. The zero-order valence-electron chi connectivity index (χ0n) is 16.4. The largest absolute Gasteiger partial charge is 0.476 e. The number of nitrogens with zero attached hydrogens (tertiary/aromatic N) is 1. The van der Waals surface area contributed by atoms with Crippen molar-refractivity contribution >= 4 is 5.90 Å². The first-order valence-corrected chi connectivity index (χ1v) is 10.7. The molecule has 0 radical (unpaired) electrons. The predicted molar refractivity (Wildman–Crippen MR) is 107 cm³/mol. The van der Waals surface area contributed by atoms with E-state index in [0.29, 0.717) is 6.10 Å². The molecule has 1 aliphatic heterocycles. The second-order valence-corrected chi connectivity index (χ2v) is 7.35. The SMILES string of the molecule is CCCCCCCC/C=C\CCCCCCCCC1=NCC(C)O1. The van der Waals surface area contributed by atoms with Crippen LogP contribution in [0.2, 0.25) is 0 Å². The molecule has 140 valence electrons. The molecule has 0 aliphatic carbocycles. The van der Waals surface area contributed by atoms with Gasteiger partial charge in [0.15, 0.2) is 5.90 Å². The molecule has 2 heteroatoms. The molecule has 0 aromatic heterocycles. The Balaban J connectivity index is 1.73. The van der Waals surface area contributed by atoms with Gasteiger partial charge in [0.2, 0.25) is 0 Å². The summed E-state index contributed by atoms with van der Waals surface area (Å²) in [6.07, 6.45) is 25.2. The van der Waals surface area contributed by atoms with Crippen LogP contribution in [0.15, 0.2) is 17.1 Å². The van der Waals surface area contributed by atoms with Gasteiger partial charge in [-0.3, -0.25) is 4.99 Å². The Bertz CT molecular complexity index is 335. The van der Waals surface area contributed by atoms with Gasteiger partial charge < -0.3 is 4.74 Å². The molecule has 24 heavy (non-hydrogen) atoms. The summed E-state index contributed by atoms with van der Waals surface area (Å²) in [6.45, 7) is 5.24. The molecule has 0 saturated carbocycles. The Hall–Kier alpha value is -0.790. The van der Waals surface area contributed by atoms with Crippen molar-refractivity contribution in [2.24, 2.45) is 4.99 Å². The van der Waals surface area contributed by atoms with Crippen LogP contribution in [0.3, 0.4) is 0 Å². The summed E-state index contributed by atoms with van der Waals surface area (Å²) in [5, 5.41) is 0. The van der Waals surface area contributed by atoms with Gasteiger partial charge in [-0.2, -0.15) is 0 Å². The minimum atomic E-state index is 0.314. The van der Waals surface area contributed by atoms with Crippen LogP contribution in [-0.4, -0.2) is 18.5 Å². The molecular weight excluding hydrogens is 294 g/mol. The fraction of sp³-hybridized carbons (Fsp3) is 0.864. The minimum absolute atomic E-state index is 0.314. The smallest absolute Gasteiger partial charge is 0.183 e. The Kier molecular flexibility index (Phi) is 13.9. The van der Waals surface area contributed by atoms with Gasteiger partial charge in [-0.25, -0.2) is 0 Å². The molecular formula is C22H41NO. The second-order valence-electron chi connectivity index (χ2n) is 7.35. The maximum absolute atomic E-state index is 5.63. The molecule has 0 aromatic carbocycles. The van der Waals surface area contributed by atoms with Crippen molar-refractivity contribution in [3.05, 3.63) is 12.2 Å². The number of ether oxygens (including phenoxy) is 1. The van der Waals surface area contributed by atoms with Crippen LogP contribution in [-0.2, 0) is 4.74 Å². The summed E-state index contributed by atoms with van der Waals surface area (Å²) in [5.74, 6) is 0.998. The van der Waals surface area contributed by atoms with Crippen LogP contribution in [0.4, 0.5) is 0 Å². The third kappa shape index (κ3) is 12.6. The molecule has 1 aliphatic rings. The minimum Gasteiger partial charge on any atom is -0.476 e. The molecule has 0 fully saturated rings. The quantitative estimate of drug-likeness (QED) is 0.215. The number of unbranched alkanes of at least 4 members (excludes halogenated alkanes) is 12. The lowest BCUT2D eigenvalue weighted by Crippen LogP contribution is -2.07. The Labute approximate surface area is 151 Å². The van der Waals surface area contributed by atoms with Gasteiger partial charge >= 0.3 is 0 Å². The van der Waals surface area contributed by atoms with Crippen molar-refractivity contribution in [2.75, 3.05) is 6.54 Å². The van der Waals surface area contributed by atoms with E-state index in [2.05, 4.69) is 31.0 Å². The summed E-state index contributed by atoms with van der Waals surface area (Å²) in [7, 11) is 0. The maximum atomic E-state index is 5.63. The van der Waals surface area contributed by atoms with Gasteiger partial charge in [0.1, 0.15) is 6.10 Å². The first kappa shape index (κ1) is 21.3. The lowest BCUT2D eigenvalue weighted by molar-refractivity contribution is 0.238. The van der Waals surface area contributed by atoms with E-state index in [1.54, 1.807) is 0 Å². The van der Waals surface area contributed by atoms with Gasteiger partial charge in [-0.1, -0.05) is 76.9 Å². The number of aliphatic imine (C=N–C) groups is 1. The molecule has 0 spiro atoms. The van der Waals surface area contributed by atoms with Crippen molar-refractivity contribution in [3.8, 4) is 0 Å². The van der Waals surface area contributed by atoms with Crippen molar-refractivity contribution in [3.63, 3.8) is 0 Å². The Morgan fingerprint density at radius 3 is 1.92 bits per heavy atom. The molecule has 1 heterocycles. The molecule has 0 bridgehead atoms. The van der Waals surface area contributed by atoms with Crippen molar-refractivity contribution in [1.82, 2.24) is 0 Å². The zero-order chi connectivity index (χ0) is 17.3. The van der Waals surface area contributed by atoms with Crippen LogP contribution < -0.4 is 0 Å². The van der Waals surface area contributed by atoms with Crippen LogP contribution in [0.5, 0.6) is 0 Å². The van der Waals surface area contributed by atoms with Gasteiger partial charge in [0, 0.05) is 6.42 Å². The van der Waals surface area contributed by atoms with Crippen LogP contribution in [0.25, 0.3) is 0 Å². The summed E-state index contributed by atoms with van der Waals surface area (Å²) < 4.78 is 5.63. The van der Waals surface area contributed by atoms with E-state index in [0.717, 1.165) is 18.9 Å². The topological polar surface area (TPSA) is 21.6 Å². The normalized spacial score (nSPS) is 17.4. The fourth-order valence-corrected chi connectivity index (χ4v) is 3.20. The molecule has 0 saturated heterocycles. The van der Waals surface area contributed by atoms with E-state index in [1.165, 1.54) is 89.9 Å². The van der Waals surface area contributed by atoms with Gasteiger partial charge in [-0.15, -0.1) is 0 Å². The van der Waals surface area contributed by atoms with Crippen LogP contribution in [0, 0.1) is 0 Å². The highest BCUT2D eigenvalue weighted by Crippen LogP contribution is 2.13. The molecule has 0 aromatic rings.